The molecule has 196 valence electrons. The molecule has 0 bridgehead atoms. The lowest BCUT2D eigenvalue weighted by Gasteiger charge is -2.37. The van der Waals surface area contributed by atoms with E-state index in [9.17, 15) is 14.4 Å². The Morgan fingerprint density at radius 3 is 2.70 bits per heavy atom. The monoisotopic (exact) mass is 543 g/mol. The molecule has 1 aromatic carbocycles. The van der Waals surface area contributed by atoms with Gasteiger partial charge in [0.15, 0.2) is 5.17 Å². The lowest BCUT2D eigenvalue weighted by atomic mass is 9.93. The number of likely N-dealkylation sites (tertiary alicyclic amines) is 1. The first-order chi connectivity index (χ1) is 17.8. The van der Waals surface area contributed by atoms with Crippen molar-refractivity contribution in [1.82, 2.24) is 9.80 Å². The molecule has 1 saturated heterocycles. The highest BCUT2D eigenvalue weighted by Gasteiger charge is 2.41. The predicted octanol–water partition coefficient (Wildman–Crippen LogP) is 4.84. The summed E-state index contributed by atoms with van der Waals surface area (Å²) < 4.78 is 10.6. The Labute approximate surface area is 226 Å². The second kappa shape index (κ2) is 12.0. The number of rotatable bonds is 8. The van der Waals surface area contributed by atoms with Crippen molar-refractivity contribution in [2.24, 2.45) is 10.9 Å². The summed E-state index contributed by atoms with van der Waals surface area (Å²) in [5.74, 6) is -1.14. The summed E-state index contributed by atoms with van der Waals surface area (Å²) in [7, 11) is 0. The van der Waals surface area contributed by atoms with Crippen LogP contribution in [-0.2, 0) is 23.9 Å². The zero-order valence-electron chi connectivity index (χ0n) is 20.9. The van der Waals surface area contributed by atoms with E-state index in [1.165, 1.54) is 17.8 Å². The minimum absolute atomic E-state index is 0.0754. The van der Waals surface area contributed by atoms with Gasteiger partial charge in [0, 0.05) is 23.8 Å². The van der Waals surface area contributed by atoms with Gasteiger partial charge in [-0.25, -0.2) is 9.79 Å². The maximum atomic E-state index is 13.4. The first-order valence-electron chi connectivity index (χ1n) is 12.3. The minimum Gasteiger partial charge on any atom is -0.466 e. The van der Waals surface area contributed by atoms with Gasteiger partial charge < -0.3 is 19.3 Å². The second-order valence-corrected chi connectivity index (χ2v) is 10.2. The van der Waals surface area contributed by atoms with Crippen LogP contribution in [0.2, 0.25) is 5.02 Å². The molecule has 3 aliphatic heterocycles. The van der Waals surface area contributed by atoms with Crippen molar-refractivity contribution in [2.45, 2.75) is 39.2 Å². The normalized spacial score (nSPS) is 21.2. The van der Waals surface area contributed by atoms with Gasteiger partial charge in [0.05, 0.1) is 36.3 Å². The molecule has 3 aliphatic rings. The Morgan fingerprint density at radius 1 is 1.24 bits per heavy atom. The quantitative estimate of drug-likeness (QED) is 0.342. The molecule has 0 aliphatic carbocycles. The molecule has 8 nitrogen and oxygen atoms in total. The van der Waals surface area contributed by atoms with Gasteiger partial charge in [-0.1, -0.05) is 48.2 Å². The fourth-order valence-corrected chi connectivity index (χ4v) is 5.82. The van der Waals surface area contributed by atoms with E-state index in [4.69, 9.17) is 21.1 Å². The zero-order chi connectivity index (χ0) is 26.5. The number of aliphatic imine (C=N–C) groups is 1. The van der Waals surface area contributed by atoms with Gasteiger partial charge in [-0.05, 0) is 49.8 Å². The molecule has 1 amide bonds. The maximum Gasteiger partial charge on any atom is 0.338 e. The molecule has 1 aromatic rings. The standard InChI is InChI=1S/C27H30ClN3O5S/c1-4-13-36-26(34)23-17(3)29-27-31(24(23)18-8-10-20(28)11-9-18)21(16-37-27)14-22(32)30-12-6-7-19(15-30)25(33)35-5-2/h4,8-11,16,19,24H,1,5-7,12-15H2,2-3H3/t19-,24-/m0/s1. The summed E-state index contributed by atoms with van der Waals surface area (Å²) in [6, 6.07) is 6.73. The third kappa shape index (κ3) is 5.93. The number of fused-ring (bicyclic) bond motifs is 1. The maximum absolute atomic E-state index is 13.4. The Bertz CT molecular complexity index is 1180. The molecule has 37 heavy (non-hydrogen) atoms. The third-order valence-corrected chi connectivity index (χ3v) is 7.61. The molecule has 3 heterocycles. The van der Waals surface area contributed by atoms with Crippen LogP contribution in [0, 0.1) is 5.92 Å². The number of piperidine rings is 1. The molecule has 0 radical (unpaired) electrons. The summed E-state index contributed by atoms with van der Waals surface area (Å²) in [4.78, 5) is 47.1. The molecule has 2 atom stereocenters. The van der Waals surface area contributed by atoms with Crippen LogP contribution in [0.4, 0.5) is 0 Å². The van der Waals surface area contributed by atoms with Crippen LogP contribution in [0.1, 0.15) is 44.7 Å². The highest BCUT2D eigenvalue weighted by molar-refractivity contribution is 8.16. The molecule has 10 heteroatoms. The average molecular weight is 544 g/mol. The Hall–Kier alpha value is -3.04. The smallest absolute Gasteiger partial charge is 0.338 e. The van der Waals surface area contributed by atoms with Crippen molar-refractivity contribution in [3.63, 3.8) is 0 Å². The van der Waals surface area contributed by atoms with Gasteiger partial charge in [-0.15, -0.1) is 0 Å². The number of amides is 1. The Balaban J connectivity index is 1.60. The summed E-state index contributed by atoms with van der Waals surface area (Å²) in [6.07, 6.45) is 3.08. The molecule has 0 unspecified atom stereocenters. The Kier molecular flexibility index (Phi) is 8.76. The molecule has 0 spiro atoms. The van der Waals surface area contributed by atoms with Gasteiger partial charge >= 0.3 is 11.9 Å². The van der Waals surface area contributed by atoms with Crippen LogP contribution >= 0.6 is 23.4 Å². The number of allylic oxidation sites excluding steroid dienone is 1. The van der Waals surface area contributed by atoms with E-state index < -0.39 is 12.0 Å². The first kappa shape index (κ1) is 27.0. The molecule has 1 fully saturated rings. The third-order valence-electron chi connectivity index (χ3n) is 6.46. The number of halogens is 1. The lowest BCUT2D eigenvalue weighted by molar-refractivity contribution is -0.151. The second-order valence-electron chi connectivity index (χ2n) is 8.94. The molecular formula is C27H30ClN3O5S. The molecular weight excluding hydrogens is 514 g/mol. The van der Waals surface area contributed by atoms with E-state index in [1.54, 1.807) is 30.9 Å². The number of hydrogen-bond donors (Lipinski definition) is 0. The first-order valence-corrected chi connectivity index (χ1v) is 13.5. The van der Waals surface area contributed by atoms with Crippen molar-refractivity contribution >= 4 is 46.4 Å². The number of nitrogens with zero attached hydrogens (tertiary/aromatic N) is 3. The van der Waals surface area contributed by atoms with Gasteiger partial charge in [0.1, 0.15) is 6.61 Å². The number of thioether (sulfide) groups is 1. The number of amidine groups is 1. The predicted molar refractivity (Wildman–Crippen MR) is 144 cm³/mol. The summed E-state index contributed by atoms with van der Waals surface area (Å²) >= 11 is 7.56. The van der Waals surface area contributed by atoms with E-state index in [0.717, 1.165) is 17.7 Å². The number of carbonyl (C=O) groups is 3. The van der Waals surface area contributed by atoms with Crippen LogP contribution in [-0.4, -0.2) is 59.1 Å². The van der Waals surface area contributed by atoms with Crippen LogP contribution < -0.4 is 0 Å². The molecule has 0 N–H and O–H groups in total. The minimum atomic E-state index is -0.537. The van der Waals surface area contributed by atoms with Crippen molar-refractivity contribution in [3.8, 4) is 0 Å². The Morgan fingerprint density at radius 2 is 2.00 bits per heavy atom. The van der Waals surface area contributed by atoms with Gasteiger partial charge in [-0.3, -0.25) is 9.59 Å². The number of hydrogen-bond acceptors (Lipinski definition) is 8. The fraction of sp³-hybridized carbons (Fsp3) is 0.407. The zero-order valence-corrected chi connectivity index (χ0v) is 22.5. The van der Waals surface area contributed by atoms with Crippen LogP contribution in [0.25, 0.3) is 0 Å². The number of esters is 2. The van der Waals surface area contributed by atoms with Crippen LogP contribution in [0.5, 0.6) is 0 Å². The molecule has 4 rings (SSSR count). The largest absolute Gasteiger partial charge is 0.466 e. The van der Waals surface area contributed by atoms with E-state index in [1.807, 2.05) is 22.4 Å². The van der Waals surface area contributed by atoms with Crippen molar-refractivity contribution in [3.05, 3.63) is 69.9 Å². The lowest BCUT2D eigenvalue weighted by Crippen LogP contribution is -2.44. The fourth-order valence-electron chi connectivity index (χ4n) is 4.73. The highest BCUT2D eigenvalue weighted by Crippen LogP contribution is 2.45. The van der Waals surface area contributed by atoms with Crippen LogP contribution in [0.3, 0.4) is 0 Å². The summed E-state index contributed by atoms with van der Waals surface area (Å²) in [5, 5.41) is 3.16. The van der Waals surface area contributed by atoms with Crippen molar-refractivity contribution in [1.29, 1.82) is 0 Å². The van der Waals surface area contributed by atoms with Gasteiger partial charge in [-0.2, -0.15) is 0 Å². The van der Waals surface area contributed by atoms with E-state index in [-0.39, 0.29) is 30.8 Å². The number of ether oxygens (including phenoxy) is 2. The number of carbonyl (C=O) groups excluding carboxylic acids is 3. The van der Waals surface area contributed by atoms with Crippen LogP contribution in [0.15, 0.2) is 64.3 Å². The van der Waals surface area contributed by atoms with E-state index >= 15 is 0 Å². The van der Waals surface area contributed by atoms with Gasteiger partial charge in [0.25, 0.3) is 0 Å². The average Bonchev–Trinajstić information content (AvgIpc) is 3.28. The topological polar surface area (TPSA) is 88.5 Å². The van der Waals surface area contributed by atoms with Crippen molar-refractivity contribution in [2.75, 3.05) is 26.3 Å². The van der Waals surface area contributed by atoms with Gasteiger partial charge in [0.2, 0.25) is 5.91 Å². The highest BCUT2D eigenvalue weighted by atomic mass is 35.5. The molecule has 0 saturated carbocycles. The summed E-state index contributed by atoms with van der Waals surface area (Å²) in [6.45, 7) is 8.52. The summed E-state index contributed by atoms with van der Waals surface area (Å²) in [5.41, 5.74) is 2.51. The van der Waals surface area contributed by atoms with E-state index in [0.29, 0.717) is 47.6 Å². The van der Waals surface area contributed by atoms with E-state index in [2.05, 4.69) is 11.6 Å². The SMILES string of the molecule is C=CCOC(=O)C1=C(C)N=C2SC=C(CC(=O)N3CCC[C@H](C(=O)OCC)C3)N2[C@H]1c1ccc(Cl)cc1. The number of benzene rings is 1. The van der Waals surface area contributed by atoms with Crippen molar-refractivity contribution < 1.29 is 23.9 Å². The molecule has 0 aromatic heterocycles.